The van der Waals surface area contributed by atoms with Crippen molar-refractivity contribution in [1.29, 1.82) is 5.41 Å². The average molecular weight is 492 g/mol. The number of carbonyl (C=O) groups excluding carboxylic acids is 1. The lowest BCUT2D eigenvalue weighted by Gasteiger charge is -2.38. The quantitative estimate of drug-likeness (QED) is 0.382. The molecule has 0 unspecified atom stereocenters. The highest BCUT2D eigenvalue weighted by Crippen LogP contribution is 2.33. The van der Waals surface area contributed by atoms with E-state index in [1.165, 1.54) is 25.0 Å². The van der Waals surface area contributed by atoms with Gasteiger partial charge in [-0.1, -0.05) is 19.1 Å². The third-order valence-electron chi connectivity index (χ3n) is 7.53. The Labute approximate surface area is 205 Å². The van der Waals surface area contributed by atoms with E-state index in [0.29, 0.717) is 56.0 Å². The van der Waals surface area contributed by atoms with Crippen LogP contribution in [0.4, 0.5) is 13.2 Å². The summed E-state index contributed by atoms with van der Waals surface area (Å²) in [6, 6.07) is 4.99. The summed E-state index contributed by atoms with van der Waals surface area (Å²) in [4.78, 5) is 17.4. The van der Waals surface area contributed by atoms with E-state index in [2.05, 4.69) is 17.6 Å². The molecule has 9 heteroatoms. The lowest BCUT2D eigenvalue weighted by atomic mass is 9.95. The van der Waals surface area contributed by atoms with E-state index in [0.717, 1.165) is 42.8 Å². The van der Waals surface area contributed by atoms with Gasteiger partial charge in [-0.25, -0.2) is 0 Å². The number of hydrogen-bond acceptors (Lipinski definition) is 4. The minimum Gasteiger partial charge on any atom is -0.391 e. The van der Waals surface area contributed by atoms with Crippen molar-refractivity contribution in [3.05, 3.63) is 46.7 Å². The Bertz CT molecular complexity index is 947. The molecule has 2 atom stereocenters. The minimum absolute atomic E-state index is 0.0661. The summed E-state index contributed by atoms with van der Waals surface area (Å²) in [5.74, 6) is 0.921. The molecule has 6 nitrogen and oxygen atoms in total. The van der Waals surface area contributed by atoms with Crippen molar-refractivity contribution in [2.45, 2.75) is 44.7 Å². The first-order valence-electron chi connectivity index (χ1n) is 12.6. The molecule has 0 radical (unpaired) electrons. The number of amides is 1. The van der Waals surface area contributed by atoms with Crippen molar-refractivity contribution < 1.29 is 18.0 Å². The van der Waals surface area contributed by atoms with E-state index >= 15 is 0 Å². The van der Waals surface area contributed by atoms with Gasteiger partial charge in [-0.15, -0.1) is 0 Å². The molecule has 2 aliphatic carbocycles. The molecule has 35 heavy (non-hydrogen) atoms. The van der Waals surface area contributed by atoms with Crippen molar-refractivity contribution in [2.75, 3.05) is 46.3 Å². The van der Waals surface area contributed by atoms with Crippen LogP contribution in [0.25, 0.3) is 0 Å². The third-order valence-corrected chi connectivity index (χ3v) is 7.53. The summed E-state index contributed by atoms with van der Waals surface area (Å²) in [5.41, 5.74) is 2.09. The Hall–Kier alpha value is -2.55. The van der Waals surface area contributed by atoms with Crippen LogP contribution in [-0.2, 0) is 11.0 Å². The van der Waals surface area contributed by atoms with E-state index < -0.39 is 17.7 Å². The Balaban J connectivity index is 1.42. The van der Waals surface area contributed by atoms with Crippen molar-refractivity contribution in [3.63, 3.8) is 0 Å². The maximum absolute atomic E-state index is 13.5. The highest BCUT2D eigenvalue weighted by molar-refractivity contribution is 5.97. The molecule has 3 aliphatic rings. The number of allylic oxidation sites excluding steroid dienone is 1. The zero-order valence-electron chi connectivity index (χ0n) is 20.5. The molecule has 3 N–H and O–H groups in total. The van der Waals surface area contributed by atoms with Crippen LogP contribution in [-0.4, -0.2) is 67.9 Å². The molecule has 1 heterocycles. The van der Waals surface area contributed by atoms with Crippen molar-refractivity contribution in [1.82, 2.24) is 20.4 Å². The molecule has 0 aromatic heterocycles. The molecular weight excluding hydrogens is 455 g/mol. The Morgan fingerprint density at radius 2 is 1.71 bits per heavy atom. The fraction of sp³-hybridized carbons (Fsp3) is 0.615. The van der Waals surface area contributed by atoms with Gasteiger partial charge in [0.15, 0.2) is 0 Å². The minimum atomic E-state index is -4.40. The largest absolute Gasteiger partial charge is 0.416 e. The number of carbonyl (C=O) groups is 1. The van der Waals surface area contributed by atoms with Gasteiger partial charge in [-0.05, 0) is 61.8 Å². The summed E-state index contributed by atoms with van der Waals surface area (Å²) in [7, 11) is 1.90. The molecule has 1 aromatic rings. The summed E-state index contributed by atoms with van der Waals surface area (Å²) < 4.78 is 39.1. The summed E-state index contributed by atoms with van der Waals surface area (Å²) >= 11 is 0. The van der Waals surface area contributed by atoms with E-state index in [1.54, 1.807) is 4.90 Å². The topological polar surface area (TPSA) is 71.5 Å². The number of hydrogen-bond donors (Lipinski definition) is 3. The van der Waals surface area contributed by atoms with Crippen LogP contribution in [0.2, 0.25) is 0 Å². The summed E-state index contributed by atoms with van der Waals surface area (Å²) in [6.45, 7) is 5.54. The maximum Gasteiger partial charge on any atom is 0.416 e. The first kappa shape index (κ1) is 25.5. The monoisotopic (exact) mass is 491 g/mol. The normalized spacial score (nSPS) is 21.9. The predicted octanol–water partition coefficient (Wildman–Crippen LogP) is 3.81. The maximum atomic E-state index is 13.5. The molecular formula is C26H36F3N5O. The second-order valence-electron chi connectivity index (χ2n) is 10.0. The Kier molecular flexibility index (Phi) is 7.73. The van der Waals surface area contributed by atoms with E-state index in [9.17, 15) is 18.0 Å². The number of halogens is 3. The smallest absolute Gasteiger partial charge is 0.391 e. The van der Waals surface area contributed by atoms with E-state index in [1.807, 2.05) is 11.9 Å². The van der Waals surface area contributed by atoms with Crippen LogP contribution in [0, 0.1) is 17.2 Å². The molecule has 192 valence electrons. The lowest BCUT2D eigenvalue weighted by Crippen LogP contribution is -2.52. The molecule has 1 saturated carbocycles. The van der Waals surface area contributed by atoms with E-state index in [4.69, 9.17) is 5.41 Å². The predicted molar refractivity (Wildman–Crippen MR) is 130 cm³/mol. The zero-order valence-corrected chi connectivity index (χ0v) is 20.5. The van der Waals surface area contributed by atoms with Crippen LogP contribution in [0.15, 0.2) is 35.5 Å². The number of alkyl halides is 3. The summed E-state index contributed by atoms with van der Waals surface area (Å²) in [5, 5.41) is 15.4. The molecule has 4 rings (SSSR count). The van der Waals surface area contributed by atoms with Crippen molar-refractivity contribution in [2.24, 2.45) is 11.8 Å². The van der Waals surface area contributed by atoms with Crippen LogP contribution in [0.5, 0.6) is 0 Å². The molecule has 2 fully saturated rings. The number of benzene rings is 1. The molecule has 1 aliphatic heterocycles. The molecule has 1 aromatic carbocycles. The van der Waals surface area contributed by atoms with Crippen LogP contribution >= 0.6 is 0 Å². The number of piperazine rings is 1. The van der Waals surface area contributed by atoms with Crippen LogP contribution in [0.3, 0.4) is 0 Å². The zero-order chi connectivity index (χ0) is 25.2. The van der Waals surface area contributed by atoms with Gasteiger partial charge >= 0.3 is 6.18 Å². The first-order valence-corrected chi connectivity index (χ1v) is 12.6. The second-order valence-corrected chi connectivity index (χ2v) is 10.0. The third kappa shape index (κ3) is 6.00. The molecule has 1 amide bonds. The van der Waals surface area contributed by atoms with Gasteiger partial charge < -0.3 is 20.4 Å². The van der Waals surface area contributed by atoms with Crippen molar-refractivity contribution in [3.8, 4) is 0 Å². The van der Waals surface area contributed by atoms with Crippen LogP contribution in [0.1, 0.15) is 49.7 Å². The number of nitrogens with zero attached hydrogens (tertiary/aromatic N) is 2. The van der Waals surface area contributed by atoms with Gasteiger partial charge in [-0.2, -0.15) is 13.2 Å². The molecule has 1 saturated heterocycles. The number of amidine groups is 1. The Morgan fingerprint density at radius 3 is 2.29 bits per heavy atom. The number of rotatable bonds is 8. The second kappa shape index (κ2) is 10.6. The average Bonchev–Trinajstić information content (AvgIpc) is 3.60. The van der Waals surface area contributed by atoms with Gasteiger partial charge in [0.05, 0.1) is 11.5 Å². The highest BCUT2D eigenvalue weighted by Gasteiger charge is 2.34. The van der Waals surface area contributed by atoms with E-state index in [-0.39, 0.29) is 5.91 Å². The standard InChI is InChI=1S/C26H36F3N5O/c1-17-3-10-22(31-2)23(17)24(30)33-11-13-34(14-12-33)25(35)21(16-32-15-18-4-5-18)19-6-8-20(9-7-19)26(27,28)29/h6-9,17-18,21,30-32H,3-5,10-16H2,1-2H3/t17-,21-/m1/s1. The number of nitrogens with one attached hydrogen (secondary N) is 3. The fourth-order valence-corrected chi connectivity index (χ4v) is 5.12. The molecule has 0 bridgehead atoms. The molecule has 0 spiro atoms. The highest BCUT2D eigenvalue weighted by atomic mass is 19.4. The lowest BCUT2D eigenvalue weighted by molar-refractivity contribution is -0.137. The summed E-state index contributed by atoms with van der Waals surface area (Å²) in [6.07, 6.45) is -0.0395. The van der Waals surface area contributed by atoms with Crippen LogP contribution < -0.4 is 10.6 Å². The van der Waals surface area contributed by atoms with Gasteiger partial charge in [0.25, 0.3) is 0 Å². The first-order chi connectivity index (χ1) is 16.7. The van der Waals surface area contributed by atoms with Crippen molar-refractivity contribution >= 4 is 11.7 Å². The van der Waals surface area contributed by atoms with Gasteiger partial charge in [0.1, 0.15) is 5.84 Å². The van der Waals surface area contributed by atoms with Gasteiger partial charge in [0.2, 0.25) is 5.91 Å². The SMILES string of the molecule is CNC1=C(C(=N)N2CCN(C(=O)[C@H](CNCC3CC3)c3ccc(C(F)(F)F)cc3)CC2)[C@H](C)CC1. The van der Waals surface area contributed by atoms with Gasteiger partial charge in [-0.3, -0.25) is 10.2 Å². The van der Waals surface area contributed by atoms with Gasteiger partial charge in [0, 0.05) is 51.0 Å². The Morgan fingerprint density at radius 1 is 1.09 bits per heavy atom. The fourth-order valence-electron chi connectivity index (χ4n) is 5.12.